The number of esters is 1. The summed E-state index contributed by atoms with van der Waals surface area (Å²) in [5, 5.41) is 4.91. The maximum atomic E-state index is 14.2. The number of carbonyl (C=O) groups excluding carboxylic acids is 3. The van der Waals surface area contributed by atoms with Gasteiger partial charge in [-0.1, -0.05) is 37.3 Å². The van der Waals surface area contributed by atoms with Crippen molar-refractivity contribution in [1.29, 1.82) is 0 Å². The van der Waals surface area contributed by atoms with E-state index in [0.29, 0.717) is 5.56 Å². The van der Waals surface area contributed by atoms with Crippen LogP contribution in [0.5, 0.6) is 0 Å². The molecule has 0 fully saturated rings. The number of aromatic nitrogens is 1. The van der Waals surface area contributed by atoms with Crippen LogP contribution in [0.2, 0.25) is 0 Å². The van der Waals surface area contributed by atoms with E-state index in [9.17, 15) is 18.8 Å². The van der Waals surface area contributed by atoms with Crippen LogP contribution in [0.25, 0.3) is 11.1 Å². The van der Waals surface area contributed by atoms with Gasteiger partial charge in [-0.3, -0.25) is 4.79 Å². The van der Waals surface area contributed by atoms with Gasteiger partial charge in [0.05, 0.1) is 7.11 Å². The normalized spacial score (nSPS) is 11.4. The van der Waals surface area contributed by atoms with Gasteiger partial charge in [0.1, 0.15) is 18.5 Å². The van der Waals surface area contributed by atoms with Gasteiger partial charge < -0.3 is 20.1 Å². The third-order valence-corrected chi connectivity index (χ3v) is 5.83. The van der Waals surface area contributed by atoms with Crippen LogP contribution >= 0.6 is 11.5 Å². The summed E-state index contributed by atoms with van der Waals surface area (Å²) >= 11 is 1.32. The molecule has 178 valence electrons. The molecule has 0 bridgehead atoms. The molecule has 0 saturated heterocycles. The van der Waals surface area contributed by atoms with Gasteiger partial charge in [0.15, 0.2) is 0 Å². The second kappa shape index (κ2) is 11.9. The predicted molar refractivity (Wildman–Crippen MR) is 125 cm³/mol. The topological polar surface area (TPSA) is 107 Å². The zero-order chi connectivity index (χ0) is 24.5. The lowest BCUT2D eigenvalue weighted by molar-refractivity contribution is -0.142. The SMILES string of the molecule is CCc1sncc1-c1cc(F)cc(C(=O)NC[C@@H](NC(=O)OCc2ccccc2)C(=O)OC)c1. The minimum Gasteiger partial charge on any atom is -0.467 e. The van der Waals surface area contributed by atoms with E-state index in [-0.39, 0.29) is 18.7 Å². The predicted octanol–water partition coefficient (Wildman–Crippen LogP) is 3.71. The second-order valence-electron chi connectivity index (χ2n) is 7.24. The fourth-order valence-electron chi connectivity index (χ4n) is 3.17. The van der Waals surface area contributed by atoms with Crippen molar-refractivity contribution in [3.8, 4) is 11.1 Å². The molecule has 0 aliphatic rings. The Kier molecular flexibility index (Phi) is 8.69. The maximum Gasteiger partial charge on any atom is 0.408 e. The number of methoxy groups -OCH3 is 1. The number of hydrogen-bond acceptors (Lipinski definition) is 7. The van der Waals surface area contributed by atoms with Crippen molar-refractivity contribution in [2.24, 2.45) is 0 Å². The lowest BCUT2D eigenvalue weighted by Gasteiger charge is -2.17. The molecular weight excluding hydrogens is 461 g/mol. The van der Waals surface area contributed by atoms with Crippen molar-refractivity contribution in [3.05, 3.63) is 76.5 Å². The van der Waals surface area contributed by atoms with Crippen molar-refractivity contribution < 1.29 is 28.2 Å². The number of benzene rings is 2. The van der Waals surface area contributed by atoms with Crippen LogP contribution in [0, 0.1) is 5.82 Å². The van der Waals surface area contributed by atoms with E-state index >= 15 is 0 Å². The highest BCUT2D eigenvalue weighted by Crippen LogP contribution is 2.28. The van der Waals surface area contributed by atoms with Crippen LogP contribution in [-0.2, 0) is 27.3 Å². The Balaban J connectivity index is 1.64. The number of nitrogens with one attached hydrogen (secondary N) is 2. The molecule has 0 radical (unpaired) electrons. The number of alkyl carbamates (subject to hydrolysis) is 1. The second-order valence-corrected chi connectivity index (χ2v) is 8.12. The van der Waals surface area contributed by atoms with Crippen LogP contribution < -0.4 is 10.6 Å². The van der Waals surface area contributed by atoms with E-state index in [1.807, 2.05) is 13.0 Å². The molecule has 1 atom stereocenters. The number of amides is 2. The van der Waals surface area contributed by atoms with Gasteiger partial charge in [0, 0.05) is 28.7 Å². The number of hydrogen-bond donors (Lipinski definition) is 2. The number of aryl methyl sites for hydroxylation is 1. The summed E-state index contributed by atoms with van der Waals surface area (Å²) in [7, 11) is 1.16. The Morgan fingerprint density at radius 3 is 2.62 bits per heavy atom. The Morgan fingerprint density at radius 2 is 1.91 bits per heavy atom. The summed E-state index contributed by atoms with van der Waals surface area (Å²) < 4.78 is 28.2. The van der Waals surface area contributed by atoms with Gasteiger partial charge in [0.2, 0.25) is 0 Å². The van der Waals surface area contributed by atoms with Crippen molar-refractivity contribution in [3.63, 3.8) is 0 Å². The zero-order valence-electron chi connectivity index (χ0n) is 18.7. The van der Waals surface area contributed by atoms with Gasteiger partial charge in [-0.2, -0.15) is 0 Å². The average Bonchev–Trinajstić information content (AvgIpc) is 3.34. The molecule has 10 heteroatoms. The fourth-order valence-corrected chi connectivity index (χ4v) is 3.85. The molecule has 1 heterocycles. The smallest absolute Gasteiger partial charge is 0.408 e. The number of carbonyl (C=O) groups is 3. The molecular formula is C24H24FN3O5S. The van der Waals surface area contributed by atoms with E-state index in [1.165, 1.54) is 17.6 Å². The first kappa shape index (κ1) is 24.8. The minimum atomic E-state index is -1.20. The van der Waals surface area contributed by atoms with Gasteiger partial charge in [-0.05, 0) is 47.3 Å². The molecule has 0 aliphatic heterocycles. The van der Waals surface area contributed by atoms with Gasteiger partial charge in [-0.15, -0.1) is 0 Å². The Bertz CT molecular complexity index is 1150. The zero-order valence-corrected chi connectivity index (χ0v) is 19.5. The van der Waals surface area contributed by atoms with Crippen LogP contribution in [-0.4, -0.2) is 42.0 Å². The summed E-state index contributed by atoms with van der Waals surface area (Å²) in [6, 6.07) is 11.8. The van der Waals surface area contributed by atoms with E-state index in [0.717, 1.165) is 35.6 Å². The van der Waals surface area contributed by atoms with Gasteiger partial charge in [-0.25, -0.2) is 18.4 Å². The first-order valence-electron chi connectivity index (χ1n) is 10.5. The molecule has 0 aliphatic carbocycles. The summed E-state index contributed by atoms with van der Waals surface area (Å²) in [5.74, 6) is -1.97. The van der Waals surface area contributed by atoms with E-state index in [2.05, 4.69) is 15.0 Å². The van der Waals surface area contributed by atoms with Crippen molar-refractivity contribution >= 4 is 29.5 Å². The van der Waals surface area contributed by atoms with Crippen molar-refractivity contribution in [1.82, 2.24) is 15.0 Å². The standard InChI is InChI=1S/C24H24FN3O5S/c1-3-21-19(12-27-34-21)16-9-17(11-18(25)10-16)22(29)26-13-20(23(30)32-2)28-24(31)33-14-15-7-5-4-6-8-15/h4-12,20H,3,13-14H2,1-2H3,(H,26,29)(H,28,31)/t20-/m1/s1. The molecule has 0 spiro atoms. The first-order valence-corrected chi connectivity index (χ1v) is 11.3. The highest BCUT2D eigenvalue weighted by atomic mass is 32.1. The lowest BCUT2D eigenvalue weighted by atomic mass is 10.0. The number of halogens is 1. The highest BCUT2D eigenvalue weighted by molar-refractivity contribution is 7.06. The van der Waals surface area contributed by atoms with Crippen LogP contribution in [0.1, 0.15) is 27.7 Å². The molecule has 0 unspecified atom stereocenters. The molecule has 2 N–H and O–H groups in total. The minimum absolute atomic E-state index is 0.0101. The lowest BCUT2D eigenvalue weighted by Crippen LogP contribution is -2.49. The van der Waals surface area contributed by atoms with Gasteiger partial charge in [0.25, 0.3) is 5.91 Å². The molecule has 1 aromatic heterocycles. The number of ether oxygens (including phenoxy) is 2. The third kappa shape index (κ3) is 6.61. The average molecular weight is 486 g/mol. The Labute approximate surface area is 200 Å². The highest BCUT2D eigenvalue weighted by Gasteiger charge is 2.24. The van der Waals surface area contributed by atoms with Crippen LogP contribution in [0.15, 0.2) is 54.7 Å². The summed E-state index contributed by atoms with van der Waals surface area (Å²) in [4.78, 5) is 37.9. The Hall–Kier alpha value is -3.79. The quantitative estimate of drug-likeness (QED) is 0.448. The van der Waals surface area contributed by atoms with E-state index in [4.69, 9.17) is 9.47 Å². The van der Waals surface area contributed by atoms with Crippen molar-refractivity contribution in [2.45, 2.75) is 26.0 Å². The van der Waals surface area contributed by atoms with E-state index < -0.39 is 29.8 Å². The molecule has 2 aromatic carbocycles. The Morgan fingerprint density at radius 1 is 1.15 bits per heavy atom. The largest absolute Gasteiger partial charge is 0.467 e. The summed E-state index contributed by atoms with van der Waals surface area (Å²) in [6.07, 6.45) is 1.52. The molecule has 34 heavy (non-hydrogen) atoms. The molecule has 3 aromatic rings. The number of rotatable bonds is 9. The summed E-state index contributed by atoms with van der Waals surface area (Å²) in [5.41, 5.74) is 2.13. The molecule has 2 amide bonds. The molecule has 8 nitrogen and oxygen atoms in total. The van der Waals surface area contributed by atoms with Crippen LogP contribution in [0.4, 0.5) is 9.18 Å². The maximum absolute atomic E-state index is 14.2. The third-order valence-electron chi connectivity index (χ3n) is 4.89. The monoisotopic (exact) mass is 485 g/mol. The van der Waals surface area contributed by atoms with Gasteiger partial charge >= 0.3 is 12.1 Å². The first-order chi connectivity index (χ1) is 16.4. The molecule has 0 saturated carbocycles. The number of nitrogens with zero attached hydrogens (tertiary/aromatic N) is 1. The van der Waals surface area contributed by atoms with E-state index in [1.54, 1.807) is 36.5 Å². The molecule has 3 rings (SSSR count). The summed E-state index contributed by atoms with van der Waals surface area (Å²) in [6.45, 7) is 1.70. The van der Waals surface area contributed by atoms with Crippen molar-refractivity contribution in [2.75, 3.05) is 13.7 Å². The fraction of sp³-hybridized carbons (Fsp3) is 0.250. The van der Waals surface area contributed by atoms with Crippen LogP contribution in [0.3, 0.4) is 0 Å².